The number of hydrogen-bond acceptors (Lipinski definition) is 2. The van der Waals surface area contributed by atoms with E-state index in [9.17, 15) is 0 Å². The van der Waals surface area contributed by atoms with Crippen molar-refractivity contribution in [2.45, 2.75) is 9.79 Å². The summed E-state index contributed by atoms with van der Waals surface area (Å²) in [6.45, 7) is 4.07. The summed E-state index contributed by atoms with van der Waals surface area (Å²) < 4.78 is 0. The highest BCUT2D eigenvalue weighted by molar-refractivity contribution is 7.99. The number of nitrogens with zero attached hydrogens (tertiary/aromatic N) is 1. The number of hydrogen-bond donors (Lipinski definition) is 0. The Labute approximate surface area is 145 Å². The van der Waals surface area contributed by atoms with Gasteiger partial charge in [-0.05, 0) is 34.4 Å². The van der Waals surface area contributed by atoms with Crippen LogP contribution in [0.3, 0.4) is 0 Å². The number of rotatable bonds is 1. The van der Waals surface area contributed by atoms with E-state index in [0.717, 1.165) is 0 Å². The first-order chi connectivity index (χ1) is 11.9. The third kappa shape index (κ3) is 1.84. The van der Waals surface area contributed by atoms with Crippen LogP contribution in [0.25, 0.3) is 21.5 Å². The quantitative estimate of drug-likeness (QED) is 0.356. The monoisotopic (exact) mass is 325 g/mol. The van der Waals surface area contributed by atoms with Crippen molar-refractivity contribution in [1.29, 1.82) is 0 Å². The molecule has 0 aromatic heterocycles. The van der Waals surface area contributed by atoms with Gasteiger partial charge in [-0.2, -0.15) is 0 Å². The van der Waals surface area contributed by atoms with Crippen molar-refractivity contribution in [3.8, 4) is 0 Å². The zero-order valence-corrected chi connectivity index (χ0v) is 13.9. The van der Waals surface area contributed by atoms with Gasteiger partial charge in [0, 0.05) is 21.4 Å². The zero-order chi connectivity index (χ0) is 16.1. The van der Waals surface area contributed by atoms with Crippen LogP contribution in [0.1, 0.15) is 0 Å². The number of para-hydroxylation sites is 1. The van der Waals surface area contributed by atoms with Crippen LogP contribution in [0.2, 0.25) is 0 Å². The molecule has 1 aliphatic heterocycles. The maximum atomic E-state index is 4.07. The maximum absolute atomic E-state index is 4.07. The Morgan fingerprint density at radius 3 is 2.42 bits per heavy atom. The highest BCUT2D eigenvalue weighted by atomic mass is 32.2. The SMILES string of the molecule is C=CN1c2ccccc2Sc2ccc3c(ccc4ccccc43)c21. The van der Waals surface area contributed by atoms with Gasteiger partial charge in [-0.15, -0.1) is 0 Å². The first kappa shape index (κ1) is 13.7. The lowest BCUT2D eigenvalue weighted by Crippen LogP contribution is -2.13. The topological polar surface area (TPSA) is 3.24 Å². The van der Waals surface area contributed by atoms with Gasteiger partial charge in [0.05, 0.1) is 11.4 Å². The fourth-order valence-electron chi connectivity index (χ4n) is 3.55. The van der Waals surface area contributed by atoms with Gasteiger partial charge in [0.1, 0.15) is 0 Å². The summed E-state index contributed by atoms with van der Waals surface area (Å²) in [5.41, 5.74) is 2.43. The first-order valence-electron chi connectivity index (χ1n) is 8.00. The molecule has 1 nitrogen and oxygen atoms in total. The summed E-state index contributed by atoms with van der Waals surface area (Å²) in [7, 11) is 0. The zero-order valence-electron chi connectivity index (χ0n) is 13.1. The van der Waals surface area contributed by atoms with Crippen molar-refractivity contribution in [2.75, 3.05) is 4.90 Å². The van der Waals surface area contributed by atoms with Crippen molar-refractivity contribution in [3.63, 3.8) is 0 Å². The fourth-order valence-corrected chi connectivity index (χ4v) is 4.65. The molecule has 0 fully saturated rings. The predicted molar refractivity (Wildman–Crippen MR) is 104 cm³/mol. The smallest absolute Gasteiger partial charge is 0.0673 e. The lowest BCUT2D eigenvalue weighted by atomic mass is 10.00. The van der Waals surface area contributed by atoms with E-state index in [4.69, 9.17) is 0 Å². The summed E-state index contributed by atoms with van der Waals surface area (Å²) >= 11 is 1.83. The highest BCUT2D eigenvalue weighted by Gasteiger charge is 2.23. The third-order valence-corrected chi connectivity index (χ3v) is 5.74. The Morgan fingerprint density at radius 2 is 1.50 bits per heavy atom. The third-order valence-electron chi connectivity index (χ3n) is 4.63. The maximum Gasteiger partial charge on any atom is 0.0673 e. The molecule has 24 heavy (non-hydrogen) atoms. The Morgan fingerprint density at radius 1 is 0.708 bits per heavy atom. The van der Waals surface area contributed by atoms with E-state index in [0.29, 0.717) is 0 Å². The lowest BCUT2D eigenvalue weighted by molar-refractivity contribution is 1.18. The average molecular weight is 325 g/mol. The van der Waals surface area contributed by atoms with Crippen LogP contribution >= 0.6 is 11.8 Å². The molecule has 4 aromatic carbocycles. The molecule has 1 heterocycles. The molecule has 0 atom stereocenters. The second kappa shape index (κ2) is 5.15. The van der Waals surface area contributed by atoms with E-state index in [1.807, 2.05) is 18.0 Å². The first-order valence-corrected chi connectivity index (χ1v) is 8.81. The van der Waals surface area contributed by atoms with Crippen LogP contribution in [0.5, 0.6) is 0 Å². The van der Waals surface area contributed by atoms with E-state index in [-0.39, 0.29) is 0 Å². The molecule has 2 heteroatoms. The van der Waals surface area contributed by atoms with Gasteiger partial charge >= 0.3 is 0 Å². The predicted octanol–water partition coefficient (Wildman–Crippen LogP) is 6.74. The summed E-state index contributed by atoms with van der Waals surface area (Å²) in [5, 5.41) is 5.14. The lowest BCUT2D eigenvalue weighted by Gasteiger charge is -2.31. The molecule has 1 aliphatic rings. The van der Waals surface area contributed by atoms with E-state index in [1.165, 1.54) is 42.7 Å². The minimum absolute atomic E-state index is 1.20. The molecule has 0 spiro atoms. The number of fused-ring (bicyclic) bond motifs is 6. The second-order valence-corrected chi connectivity index (χ2v) is 7.00. The largest absolute Gasteiger partial charge is 0.315 e. The summed E-state index contributed by atoms with van der Waals surface area (Å²) in [6.07, 6.45) is 1.92. The summed E-state index contributed by atoms with van der Waals surface area (Å²) in [6, 6.07) is 26.0. The Hall–Kier alpha value is -2.71. The molecule has 0 amide bonds. The van der Waals surface area contributed by atoms with Crippen LogP contribution in [0, 0.1) is 0 Å². The van der Waals surface area contributed by atoms with Gasteiger partial charge in [0.2, 0.25) is 0 Å². The molecular formula is C22H15NS. The Balaban J connectivity index is 1.88. The van der Waals surface area contributed by atoms with Crippen molar-refractivity contribution >= 4 is 44.7 Å². The fraction of sp³-hybridized carbons (Fsp3) is 0. The van der Waals surface area contributed by atoms with E-state index < -0.39 is 0 Å². The molecule has 0 bridgehead atoms. The van der Waals surface area contributed by atoms with Crippen LogP contribution in [-0.4, -0.2) is 0 Å². The van der Waals surface area contributed by atoms with Crippen LogP contribution in [0.15, 0.2) is 95.4 Å². The second-order valence-electron chi connectivity index (χ2n) is 5.92. The summed E-state index contributed by atoms with van der Waals surface area (Å²) in [4.78, 5) is 4.76. The molecule has 0 N–H and O–H groups in total. The van der Waals surface area contributed by atoms with Gasteiger partial charge in [-0.1, -0.05) is 72.9 Å². The van der Waals surface area contributed by atoms with Crippen molar-refractivity contribution in [1.82, 2.24) is 0 Å². The minimum Gasteiger partial charge on any atom is -0.315 e. The normalized spacial score (nSPS) is 12.9. The molecular weight excluding hydrogens is 310 g/mol. The average Bonchev–Trinajstić information content (AvgIpc) is 2.65. The van der Waals surface area contributed by atoms with E-state index >= 15 is 0 Å². The van der Waals surface area contributed by atoms with E-state index in [1.54, 1.807) is 0 Å². The van der Waals surface area contributed by atoms with Gasteiger partial charge in [-0.25, -0.2) is 0 Å². The molecule has 0 saturated carbocycles. The highest BCUT2D eigenvalue weighted by Crippen LogP contribution is 2.51. The van der Waals surface area contributed by atoms with Crippen LogP contribution in [-0.2, 0) is 0 Å². The minimum atomic E-state index is 1.20. The van der Waals surface area contributed by atoms with Crippen LogP contribution in [0.4, 0.5) is 11.4 Å². The van der Waals surface area contributed by atoms with Gasteiger partial charge in [-0.3, -0.25) is 0 Å². The van der Waals surface area contributed by atoms with Gasteiger partial charge in [0.25, 0.3) is 0 Å². The van der Waals surface area contributed by atoms with Crippen LogP contribution < -0.4 is 4.90 Å². The van der Waals surface area contributed by atoms with Gasteiger partial charge < -0.3 is 4.90 Å². The number of anilines is 2. The van der Waals surface area contributed by atoms with Crippen molar-refractivity contribution < 1.29 is 0 Å². The summed E-state index contributed by atoms with van der Waals surface area (Å²) in [5.74, 6) is 0. The number of benzene rings is 4. The molecule has 5 rings (SSSR count). The molecule has 0 unspecified atom stereocenters. The molecule has 4 aromatic rings. The Bertz CT molecular complexity index is 1110. The molecule has 0 radical (unpaired) electrons. The van der Waals surface area contributed by atoms with Crippen molar-refractivity contribution in [2.24, 2.45) is 0 Å². The standard InChI is InChI=1S/C22H15NS/c1-2-23-19-9-5-6-10-20(19)24-21-14-13-17-16-8-4-3-7-15(16)11-12-18(17)22(21)23/h2-14H,1H2. The molecule has 0 aliphatic carbocycles. The van der Waals surface area contributed by atoms with Gasteiger partial charge in [0.15, 0.2) is 0 Å². The molecule has 0 saturated heterocycles. The van der Waals surface area contributed by atoms with Crippen molar-refractivity contribution in [3.05, 3.63) is 85.6 Å². The Kier molecular flexibility index (Phi) is 2.94. The van der Waals surface area contributed by atoms with E-state index in [2.05, 4.69) is 84.3 Å². The molecule has 114 valence electrons.